The summed E-state index contributed by atoms with van der Waals surface area (Å²) in [5.74, 6) is 0.976. The number of ether oxygens (including phenoxy) is 1. The molecule has 1 aromatic carbocycles. The highest BCUT2D eigenvalue weighted by Gasteiger charge is 2.26. The van der Waals surface area contributed by atoms with Gasteiger partial charge in [-0.1, -0.05) is 29.8 Å². The van der Waals surface area contributed by atoms with Gasteiger partial charge in [-0.3, -0.25) is 4.90 Å². The third-order valence-corrected chi connectivity index (χ3v) is 4.71. The highest BCUT2D eigenvalue weighted by Crippen LogP contribution is 2.23. The lowest BCUT2D eigenvalue weighted by atomic mass is 10.1. The number of likely N-dealkylation sites (tertiary alicyclic amines) is 1. The van der Waals surface area contributed by atoms with Gasteiger partial charge in [0.2, 0.25) is 11.7 Å². The van der Waals surface area contributed by atoms with Crippen molar-refractivity contribution in [3.05, 3.63) is 35.7 Å². The number of hydrogen-bond acceptors (Lipinski definition) is 6. The third kappa shape index (κ3) is 3.82. The van der Waals surface area contributed by atoms with Crippen LogP contribution in [0.4, 0.5) is 4.79 Å². The van der Waals surface area contributed by atoms with E-state index in [4.69, 9.17) is 9.26 Å². The zero-order valence-corrected chi connectivity index (χ0v) is 14.1. The van der Waals surface area contributed by atoms with E-state index in [1.807, 2.05) is 12.1 Å². The molecule has 2 aliphatic heterocycles. The molecular formula is C18H22N4O3. The van der Waals surface area contributed by atoms with Crippen molar-refractivity contribution < 1.29 is 14.1 Å². The molecule has 0 spiro atoms. The van der Waals surface area contributed by atoms with Crippen LogP contribution in [0, 0.1) is 0 Å². The lowest BCUT2D eigenvalue weighted by molar-refractivity contribution is 0.109. The highest BCUT2D eigenvalue weighted by molar-refractivity contribution is 5.68. The quantitative estimate of drug-likeness (QED) is 0.920. The van der Waals surface area contributed by atoms with E-state index in [2.05, 4.69) is 32.5 Å². The first-order valence-electron chi connectivity index (χ1n) is 8.86. The van der Waals surface area contributed by atoms with Crippen LogP contribution in [-0.2, 0) is 11.3 Å². The largest absolute Gasteiger partial charge is 0.449 e. The number of hydrogen-bond donors (Lipinski definition) is 1. The van der Waals surface area contributed by atoms with Crippen LogP contribution >= 0.6 is 0 Å². The van der Waals surface area contributed by atoms with Gasteiger partial charge in [-0.25, -0.2) is 4.79 Å². The number of benzene rings is 1. The van der Waals surface area contributed by atoms with Crippen molar-refractivity contribution in [3.63, 3.8) is 0 Å². The number of nitrogens with zero attached hydrogens (tertiary/aromatic N) is 3. The number of amides is 1. The Labute approximate surface area is 146 Å². The lowest BCUT2D eigenvalue weighted by Gasteiger charge is -2.26. The maximum Gasteiger partial charge on any atom is 0.407 e. The van der Waals surface area contributed by atoms with Gasteiger partial charge in [0.15, 0.2) is 0 Å². The van der Waals surface area contributed by atoms with E-state index in [-0.39, 0.29) is 6.04 Å². The molecule has 1 N–H and O–H groups in total. The van der Waals surface area contributed by atoms with E-state index >= 15 is 0 Å². The maximum atomic E-state index is 11.3. The van der Waals surface area contributed by atoms with Crippen LogP contribution in [0.3, 0.4) is 0 Å². The summed E-state index contributed by atoms with van der Waals surface area (Å²) in [6.07, 6.45) is 4.09. The molecule has 7 heteroatoms. The van der Waals surface area contributed by atoms with E-state index in [0.717, 1.165) is 12.1 Å². The Morgan fingerprint density at radius 2 is 2.12 bits per heavy atom. The van der Waals surface area contributed by atoms with E-state index < -0.39 is 6.09 Å². The van der Waals surface area contributed by atoms with Crippen molar-refractivity contribution >= 4 is 6.09 Å². The van der Waals surface area contributed by atoms with Gasteiger partial charge < -0.3 is 14.6 Å². The van der Waals surface area contributed by atoms with Crippen LogP contribution in [0.25, 0.3) is 11.4 Å². The molecule has 0 bridgehead atoms. The Hall–Kier alpha value is -2.41. The van der Waals surface area contributed by atoms with Crippen molar-refractivity contribution in [2.45, 2.75) is 38.3 Å². The van der Waals surface area contributed by atoms with Gasteiger partial charge >= 0.3 is 6.09 Å². The smallest absolute Gasteiger partial charge is 0.407 e. The predicted molar refractivity (Wildman–Crippen MR) is 90.7 cm³/mol. The molecule has 4 rings (SSSR count). The fourth-order valence-corrected chi connectivity index (χ4v) is 3.39. The average Bonchev–Trinajstić information content (AvgIpc) is 3.13. The van der Waals surface area contributed by atoms with Crippen LogP contribution in [0.5, 0.6) is 0 Å². The Bertz CT molecular complexity index is 739. The first kappa shape index (κ1) is 16.1. The molecule has 2 aromatic rings. The molecule has 1 amide bonds. The van der Waals surface area contributed by atoms with Gasteiger partial charge in [0, 0.05) is 18.5 Å². The number of piperidine rings is 1. The molecular weight excluding hydrogens is 320 g/mol. The molecule has 7 nitrogen and oxygen atoms in total. The third-order valence-electron chi connectivity index (χ3n) is 4.71. The molecule has 3 heterocycles. The number of carbonyl (C=O) groups excluding carboxylic acids is 1. The molecule has 2 fully saturated rings. The summed E-state index contributed by atoms with van der Waals surface area (Å²) >= 11 is 0. The van der Waals surface area contributed by atoms with E-state index in [1.54, 1.807) is 0 Å². The fourth-order valence-electron chi connectivity index (χ4n) is 3.39. The molecule has 0 saturated carbocycles. The summed E-state index contributed by atoms with van der Waals surface area (Å²) in [5.41, 5.74) is 2.19. The minimum absolute atomic E-state index is 0.279. The Kier molecular flexibility index (Phi) is 4.65. The fraction of sp³-hybridized carbons (Fsp3) is 0.500. The summed E-state index contributed by atoms with van der Waals surface area (Å²) in [4.78, 5) is 18.3. The number of rotatable bonds is 4. The SMILES string of the molecule is O=C1NC(c2nc(-c3cccc(CN4CCCCC4)c3)no2)CCO1. The van der Waals surface area contributed by atoms with Crippen LogP contribution in [0.2, 0.25) is 0 Å². The van der Waals surface area contributed by atoms with Crippen molar-refractivity contribution in [1.82, 2.24) is 20.4 Å². The molecule has 2 aliphatic rings. The minimum Gasteiger partial charge on any atom is -0.449 e. The van der Waals surface area contributed by atoms with Crippen LogP contribution in [0.1, 0.15) is 43.2 Å². The van der Waals surface area contributed by atoms with Gasteiger partial charge in [-0.05, 0) is 37.6 Å². The second-order valence-corrected chi connectivity index (χ2v) is 6.61. The molecule has 1 unspecified atom stereocenters. The van der Waals surface area contributed by atoms with Gasteiger partial charge in [0.25, 0.3) is 0 Å². The normalized spacial score (nSPS) is 21.6. The maximum absolute atomic E-state index is 11.3. The van der Waals surface area contributed by atoms with E-state index in [9.17, 15) is 4.79 Å². The summed E-state index contributed by atoms with van der Waals surface area (Å²) < 4.78 is 10.2. The van der Waals surface area contributed by atoms with Crippen molar-refractivity contribution in [3.8, 4) is 11.4 Å². The number of aromatic nitrogens is 2. The average molecular weight is 342 g/mol. The van der Waals surface area contributed by atoms with Gasteiger partial charge in [0.05, 0.1) is 6.61 Å². The highest BCUT2D eigenvalue weighted by atomic mass is 16.6. The molecule has 1 atom stereocenters. The van der Waals surface area contributed by atoms with Crippen molar-refractivity contribution in [2.75, 3.05) is 19.7 Å². The number of carbonyl (C=O) groups is 1. The minimum atomic E-state index is -0.445. The Morgan fingerprint density at radius 3 is 2.96 bits per heavy atom. The number of nitrogens with one attached hydrogen (secondary N) is 1. The topological polar surface area (TPSA) is 80.5 Å². The molecule has 25 heavy (non-hydrogen) atoms. The van der Waals surface area contributed by atoms with E-state index in [1.165, 1.54) is 37.9 Å². The van der Waals surface area contributed by atoms with Crippen LogP contribution < -0.4 is 5.32 Å². The van der Waals surface area contributed by atoms with Gasteiger partial charge in [-0.2, -0.15) is 4.98 Å². The molecule has 132 valence electrons. The zero-order valence-electron chi connectivity index (χ0n) is 14.1. The van der Waals surface area contributed by atoms with Crippen LogP contribution in [0.15, 0.2) is 28.8 Å². The molecule has 0 radical (unpaired) electrons. The number of cyclic esters (lactones) is 1. The first-order valence-corrected chi connectivity index (χ1v) is 8.86. The van der Waals surface area contributed by atoms with Crippen molar-refractivity contribution in [1.29, 1.82) is 0 Å². The van der Waals surface area contributed by atoms with Gasteiger partial charge in [-0.15, -0.1) is 0 Å². The molecule has 0 aliphatic carbocycles. The van der Waals surface area contributed by atoms with Crippen molar-refractivity contribution in [2.24, 2.45) is 0 Å². The predicted octanol–water partition coefficient (Wildman–Crippen LogP) is 2.89. The first-order chi connectivity index (χ1) is 12.3. The lowest BCUT2D eigenvalue weighted by Crippen LogP contribution is -2.35. The van der Waals surface area contributed by atoms with E-state index in [0.29, 0.717) is 24.7 Å². The second kappa shape index (κ2) is 7.23. The molecule has 2 saturated heterocycles. The monoisotopic (exact) mass is 342 g/mol. The Balaban J connectivity index is 1.48. The summed E-state index contributed by atoms with van der Waals surface area (Å²) in [6, 6.07) is 7.99. The zero-order chi connectivity index (χ0) is 17.1. The Morgan fingerprint density at radius 1 is 1.24 bits per heavy atom. The summed E-state index contributed by atoms with van der Waals surface area (Å²) in [7, 11) is 0. The second-order valence-electron chi connectivity index (χ2n) is 6.61. The van der Waals surface area contributed by atoms with Gasteiger partial charge in [0.1, 0.15) is 6.04 Å². The standard InChI is InChI=1S/C18H22N4O3/c23-18-19-15(7-10-24-18)17-20-16(21-25-17)14-6-4-5-13(11-14)12-22-8-2-1-3-9-22/h4-6,11,15H,1-3,7-10,12H2,(H,19,23). The number of alkyl carbamates (subject to hydrolysis) is 1. The molecule has 1 aromatic heterocycles. The van der Waals surface area contributed by atoms with Crippen LogP contribution in [-0.4, -0.2) is 40.8 Å². The summed E-state index contributed by atoms with van der Waals surface area (Å²) in [5, 5.41) is 6.78. The summed E-state index contributed by atoms with van der Waals surface area (Å²) in [6.45, 7) is 3.65.